The Morgan fingerprint density at radius 1 is 1.09 bits per heavy atom. The molecule has 1 saturated heterocycles. The van der Waals surface area contributed by atoms with Gasteiger partial charge in [0.2, 0.25) is 10.0 Å². The summed E-state index contributed by atoms with van der Waals surface area (Å²) < 4.78 is 27.0. The number of nitriles is 1. The first-order chi connectivity index (χ1) is 10.5. The molecule has 0 aliphatic carbocycles. The van der Waals surface area contributed by atoms with Crippen LogP contribution in [-0.2, 0) is 15.6 Å². The van der Waals surface area contributed by atoms with Gasteiger partial charge in [-0.25, -0.2) is 8.42 Å². The standard InChI is InChI=1S/C17H16N2O2S/c1-14-7-9-16(10-8-14)22(20,21)19-12-11-17(19,13-18)15-5-3-2-4-6-15/h2-10H,11-12H2,1H3/t17-/m1/s1. The molecule has 0 unspecified atom stereocenters. The van der Waals surface area contributed by atoms with Crippen molar-refractivity contribution in [2.45, 2.75) is 23.8 Å². The van der Waals surface area contributed by atoms with Crippen LogP contribution in [0.3, 0.4) is 0 Å². The average molecular weight is 312 g/mol. The Hall–Kier alpha value is -2.16. The number of rotatable bonds is 3. The molecule has 22 heavy (non-hydrogen) atoms. The maximum atomic E-state index is 12.8. The normalized spacial score (nSPS) is 21.8. The summed E-state index contributed by atoms with van der Waals surface area (Å²) in [6.07, 6.45) is 0.513. The zero-order valence-electron chi connectivity index (χ0n) is 12.2. The van der Waals surface area contributed by atoms with Crippen LogP contribution >= 0.6 is 0 Å². The number of benzene rings is 2. The summed E-state index contributed by atoms with van der Waals surface area (Å²) in [7, 11) is -3.68. The van der Waals surface area contributed by atoms with Gasteiger partial charge in [0.1, 0.15) is 5.54 Å². The maximum absolute atomic E-state index is 12.8. The van der Waals surface area contributed by atoms with Crippen molar-refractivity contribution in [3.8, 4) is 6.07 Å². The van der Waals surface area contributed by atoms with Gasteiger partial charge in [-0.1, -0.05) is 48.0 Å². The highest BCUT2D eigenvalue weighted by Crippen LogP contribution is 2.43. The largest absolute Gasteiger partial charge is 0.244 e. The van der Waals surface area contributed by atoms with Gasteiger partial charge in [-0.3, -0.25) is 0 Å². The van der Waals surface area contributed by atoms with E-state index in [4.69, 9.17) is 0 Å². The third-order valence-electron chi connectivity index (χ3n) is 4.15. The van der Waals surface area contributed by atoms with Gasteiger partial charge in [0.25, 0.3) is 0 Å². The van der Waals surface area contributed by atoms with Crippen LogP contribution in [-0.4, -0.2) is 19.3 Å². The molecule has 0 bridgehead atoms. The average Bonchev–Trinajstić information content (AvgIpc) is 2.48. The van der Waals surface area contributed by atoms with Gasteiger partial charge in [-0.05, 0) is 31.0 Å². The highest BCUT2D eigenvalue weighted by atomic mass is 32.2. The van der Waals surface area contributed by atoms with Gasteiger partial charge in [0.15, 0.2) is 0 Å². The Kier molecular flexibility index (Phi) is 3.51. The van der Waals surface area contributed by atoms with Crippen LogP contribution in [0.2, 0.25) is 0 Å². The first kappa shape index (κ1) is 14.8. The molecule has 1 heterocycles. The minimum atomic E-state index is -3.68. The molecule has 4 nitrogen and oxygen atoms in total. The van der Waals surface area contributed by atoms with Crippen molar-refractivity contribution in [1.82, 2.24) is 4.31 Å². The van der Waals surface area contributed by atoms with Gasteiger partial charge in [0.05, 0.1) is 11.0 Å². The molecule has 0 saturated carbocycles. The van der Waals surface area contributed by atoms with E-state index in [1.807, 2.05) is 25.1 Å². The van der Waals surface area contributed by atoms with Gasteiger partial charge in [0, 0.05) is 6.54 Å². The first-order valence-corrected chi connectivity index (χ1v) is 8.51. The van der Waals surface area contributed by atoms with Crippen molar-refractivity contribution in [3.63, 3.8) is 0 Å². The Bertz CT molecular complexity index is 823. The SMILES string of the molecule is Cc1ccc(S(=O)(=O)N2CC[C@@]2(C#N)c2ccccc2)cc1. The smallest absolute Gasteiger partial charge is 0.207 e. The molecule has 0 spiro atoms. The Morgan fingerprint density at radius 2 is 1.73 bits per heavy atom. The minimum absolute atomic E-state index is 0.230. The molecule has 0 N–H and O–H groups in total. The molecule has 1 aliphatic rings. The molecule has 1 atom stereocenters. The lowest BCUT2D eigenvalue weighted by Crippen LogP contribution is -2.58. The molecule has 1 aliphatic heterocycles. The lowest BCUT2D eigenvalue weighted by molar-refractivity contribution is 0.128. The van der Waals surface area contributed by atoms with Crippen LogP contribution in [0.25, 0.3) is 0 Å². The molecule has 2 aromatic rings. The summed E-state index contributed by atoms with van der Waals surface area (Å²) in [5, 5.41) is 9.66. The fourth-order valence-electron chi connectivity index (χ4n) is 2.77. The van der Waals surface area contributed by atoms with E-state index in [2.05, 4.69) is 6.07 Å². The summed E-state index contributed by atoms with van der Waals surface area (Å²) in [5.41, 5.74) is 0.627. The zero-order valence-corrected chi connectivity index (χ0v) is 13.0. The maximum Gasteiger partial charge on any atom is 0.244 e. The minimum Gasteiger partial charge on any atom is -0.207 e. The Labute approximate surface area is 130 Å². The van der Waals surface area contributed by atoms with Crippen LogP contribution in [0, 0.1) is 18.3 Å². The molecule has 2 aromatic carbocycles. The molecule has 0 amide bonds. The lowest BCUT2D eigenvalue weighted by Gasteiger charge is -2.46. The van der Waals surface area contributed by atoms with Crippen molar-refractivity contribution in [3.05, 3.63) is 65.7 Å². The summed E-state index contributed by atoms with van der Waals surface area (Å²) in [6.45, 7) is 2.27. The second-order valence-corrected chi connectivity index (χ2v) is 7.34. The van der Waals surface area contributed by atoms with E-state index < -0.39 is 15.6 Å². The van der Waals surface area contributed by atoms with Crippen molar-refractivity contribution >= 4 is 10.0 Å². The van der Waals surface area contributed by atoms with Crippen LogP contribution in [0.1, 0.15) is 17.5 Å². The predicted molar refractivity (Wildman–Crippen MR) is 83.4 cm³/mol. The van der Waals surface area contributed by atoms with E-state index >= 15 is 0 Å². The molecular formula is C17H16N2O2S. The summed E-state index contributed by atoms with van der Waals surface area (Å²) >= 11 is 0. The van der Waals surface area contributed by atoms with E-state index in [-0.39, 0.29) is 4.90 Å². The summed E-state index contributed by atoms with van der Waals surface area (Å²) in [4.78, 5) is 0.230. The van der Waals surface area contributed by atoms with Gasteiger partial charge < -0.3 is 0 Å². The quantitative estimate of drug-likeness (QED) is 0.875. The van der Waals surface area contributed by atoms with E-state index in [0.717, 1.165) is 11.1 Å². The van der Waals surface area contributed by atoms with Crippen molar-refractivity contribution in [1.29, 1.82) is 5.26 Å². The third kappa shape index (κ3) is 2.12. The number of hydrogen-bond acceptors (Lipinski definition) is 3. The van der Waals surface area contributed by atoms with E-state index in [0.29, 0.717) is 13.0 Å². The second kappa shape index (κ2) is 5.24. The van der Waals surface area contributed by atoms with Gasteiger partial charge >= 0.3 is 0 Å². The molecule has 5 heteroatoms. The fourth-order valence-corrected chi connectivity index (χ4v) is 4.48. The highest BCUT2D eigenvalue weighted by Gasteiger charge is 2.53. The molecular weight excluding hydrogens is 296 g/mol. The van der Waals surface area contributed by atoms with Gasteiger partial charge in [-0.2, -0.15) is 9.57 Å². The van der Waals surface area contributed by atoms with Crippen LogP contribution < -0.4 is 0 Å². The van der Waals surface area contributed by atoms with Gasteiger partial charge in [-0.15, -0.1) is 0 Å². The van der Waals surface area contributed by atoms with Crippen LogP contribution in [0.15, 0.2) is 59.5 Å². The number of hydrogen-bond donors (Lipinski definition) is 0. The second-order valence-electron chi connectivity index (χ2n) is 5.48. The summed E-state index contributed by atoms with van der Waals surface area (Å²) in [6, 6.07) is 18.0. The first-order valence-electron chi connectivity index (χ1n) is 7.07. The van der Waals surface area contributed by atoms with Crippen LogP contribution in [0.5, 0.6) is 0 Å². The van der Waals surface area contributed by atoms with Crippen molar-refractivity contribution < 1.29 is 8.42 Å². The molecule has 112 valence electrons. The third-order valence-corrected chi connectivity index (χ3v) is 6.09. The Balaban J connectivity index is 2.05. The van der Waals surface area contributed by atoms with E-state index in [9.17, 15) is 13.7 Å². The topological polar surface area (TPSA) is 61.2 Å². The number of aryl methyl sites for hydroxylation is 1. The molecule has 1 fully saturated rings. The van der Waals surface area contributed by atoms with Crippen molar-refractivity contribution in [2.75, 3.05) is 6.54 Å². The van der Waals surface area contributed by atoms with Crippen LogP contribution in [0.4, 0.5) is 0 Å². The predicted octanol–water partition coefficient (Wildman–Crippen LogP) is 2.81. The van der Waals surface area contributed by atoms with E-state index in [1.54, 1.807) is 36.4 Å². The molecule has 0 aromatic heterocycles. The van der Waals surface area contributed by atoms with Crippen molar-refractivity contribution in [2.24, 2.45) is 0 Å². The molecule has 0 radical (unpaired) electrons. The zero-order chi connectivity index (χ0) is 15.8. The molecule has 3 rings (SSSR count). The highest BCUT2D eigenvalue weighted by molar-refractivity contribution is 7.89. The summed E-state index contributed by atoms with van der Waals surface area (Å²) in [5.74, 6) is 0. The monoisotopic (exact) mass is 312 g/mol. The Morgan fingerprint density at radius 3 is 2.23 bits per heavy atom. The lowest BCUT2D eigenvalue weighted by atomic mass is 9.82. The fraction of sp³-hybridized carbons (Fsp3) is 0.235. The number of sulfonamides is 1. The van der Waals surface area contributed by atoms with E-state index in [1.165, 1.54) is 4.31 Å². The number of nitrogens with zero attached hydrogens (tertiary/aromatic N) is 2.